The summed E-state index contributed by atoms with van der Waals surface area (Å²) >= 11 is 4.99. The molecule has 0 bridgehead atoms. The van der Waals surface area contributed by atoms with Crippen molar-refractivity contribution < 1.29 is 0 Å². The molecule has 0 saturated carbocycles. The number of nitriles is 1. The first-order valence-electron chi connectivity index (χ1n) is 5.83. The topological polar surface area (TPSA) is 49.6 Å². The van der Waals surface area contributed by atoms with Gasteiger partial charge in [0.25, 0.3) is 0 Å². The number of rotatable bonds is 2. The van der Waals surface area contributed by atoms with E-state index in [1.165, 1.54) is 0 Å². The van der Waals surface area contributed by atoms with E-state index in [0.717, 1.165) is 26.3 Å². The van der Waals surface area contributed by atoms with Gasteiger partial charge < -0.3 is 0 Å². The summed E-state index contributed by atoms with van der Waals surface area (Å²) in [5.74, 6) is 0. The zero-order valence-corrected chi connectivity index (χ0v) is 12.6. The lowest BCUT2D eigenvalue weighted by atomic mass is 10.1. The molecule has 0 aliphatic heterocycles. The summed E-state index contributed by atoms with van der Waals surface area (Å²) in [6.07, 6.45) is 3.55. The SMILES string of the molecule is N#Cc1ccc(-c2csc(-c3cncc(Br)c3)n2)cc1. The van der Waals surface area contributed by atoms with Gasteiger partial charge in [-0.3, -0.25) is 4.98 Å². The maximum Gasteiger partial charge on any atom is 0.125 e. The fourth-order valence-electron chi connectivity index (χ4n) is 1.78. The van der Waals surface area contributed by atoms with Gasteiger partial charge in [-0.05, 0) is 34.1 Å². The minimum atomic E-state index is 0.653. The molecular formula is C15H8BrN3S. The quantitative estimate of drug-likeness (QED) is 0.689. The van der Waals surface area contributed by atoms with Gasteiger partial charge in [0, 0.05) is 33.4 Å². The van der Waals surface area contributed by atoms with Crippen LogP contribution in [0, 0.1) is 11.3 Å². The third-order valence-electron chi connectivity index (χ3n) is 2.77. The molecule has 3 aromatic rings. The van der Waals surface area contributed by atoms with Crippen molar-refractivity contribution in [1.29, 1.82) is 5.26 Å². The maximum absolute atomic E-state index is 8.80. The minimum Gasteiger partial charge on any atom is -0.263 e. The highest BCUT2D eigenvalue weighted by molar-refractivity contribution is 9.10. The Morgan fingerprint density at radius 2 is 1.90 bits per heavy atom. The number of halogens is 1. The van der Waals surface area contributed by atoms with Crippen LogP contribution in [0.3, 0.4) is 0 Å². The smallest absolute Gasteiger partial charge is 0.125 e. The third kappa shape index (κ3) is 2.62. The number of hydrogen-bond acceptors (Lipinski definition) is 4. The largest absolute Gasteiger partial charge is 0.263 e. The van der Waals surface area contributed by atoms with Crippen LogP contribution in [0.4, 0.5) is 0 Å². The molecule has 0 unspecified atom stereocenters. The summed E-state index contributed by atoms with van der Waals surface area (Å²) in [6.45, 7) is 0. The van der Waals surface area contributed by atoms with Crippen LogP contribution in [-0.4, -0.2) is 9.97 Å². The zero-order chi connectivity index (χ0) is 13.9. The van der Waals surface area contributed by atoms with E-state index in [0.29, 0.717) is 5.56 Å². The molecule has 0 radical (unpaired) electrons. The molecule has 3 nitrogen and oxygen atoms in total. The summed E-state index contributed by atoms with van der Waals surface area (Å²) in [4.78, 5) is 8.77. The monoisotopic (exact) mass is 341 g/mol. The van der Waals surface area contributed by atoms with E-state index in [2.05, 4.69) is 32.0 Å². The lowest BCUT2D eigenvalue weighted by Crippen LogP contribution is -1.82. The van der Waals surface area contributed by atoms with Crippen molar-refractivity contribution in [2.75, 3.05) is 0 Å². The first-order valence-corrected chi connectivity index (χ1v) is 7.50. The van der Waals surface area contributed by atoms with Gasteiger partial charge in [0.05, 0.1) is 17.3 Å². The number of thiazole rings is 1. The first-order chi connectivity index (χ1) is 9.76. The van der Waals surface area contributed by atoms with Crippen LogP contribution in [0.5, 0.6) is 0 Å². The van der Waals surface area contributed by atoms with Gasteiger partial charge >= 0.3 is 0 Å². The van der Waals surface area contributed by atoms with Crippen molar-refractivity contribution in [3.05, 3.63) is 58.1 Å². The molecule has 5 heteroatoms. The van der Waals surface area contributed by atoms with Crippen LogP contribution in [0.2, 0.25) is 0 Å². The molecule has 96 valence electrons. The van der Waals surface area contributed by atoms with Gasteiger partial charge in [0.2, 0.25) is 0 Å². The van der Waals surface area contributed by atoms with Crippen LogP contribution in [0.1, 0.15) is 5.56 Å². The van der Waals surface area contributed by atoms with E-state index >= 15 is 0 Å². The summed E-state index contributed by atoms with van der Waals surface area (Å²) in [5.41, 5.74) is 3.56. The first kappa shape index (κ1) is 13.0. The molecule has 3 rings (SSSR count). The van der Waals surface area contributed by atoms with E-state index in [1.54, 1.807) is 35.9 Å². The Bertz CT molecular complexity index is 787. The van der Waals surface area contributed by atoms with E-state index in [-0.39, 0.29) is 0 Å². The Kier molecular flexibility index (Phi) is 3.59. The minimum absolute atomic E-state index is 0.653. The summed E-state index contributed by atoms with van der Waals surface area (Å²) in [5, 5.41) is 11.7. The molecule has 0 N–H and O–H groups in total. The van der Waals surface area contributed by atoms with Gasteiger partial charge in [-0.1, -0.05) is 12.1 Å². The number of aromatic nitrogens is 2. The van der Waals surface area contributed by atoms with E-state index in [9.17, 15) is 0 Å². The second-order valence-electron chi connectivity index (χ2n) is 4.12. The van der Waals surface area contributed by atoms with Gasteiger partial charge in [0.15, 0.2) is 0 Å². The fraction of sp³-hybridized carbons (Fsp3) is 0. The van der Waals surface area contributed by atoms with Crippen LogP contribution >= 0.6 is 27.3 Å². The van der Waals surface area contributed by atoms with E-state index < -0.39 is 0 Å². The second kappa shape index (κ2) is 5.53. The van der Waals surface area contributed by atoms with Gasteiger partial charge in [-0.15, -0.1) is 11.3 Å². The lowest BCUT2D eigenvalue weighted by molar-refractivity contribution is 1.30. The van der Waals surface area contributed by atoms with Crippen LogP contribution in [0.15, 0.2) is 52.6 Å². The molecular weight excluding hydrogens is 334 g/mol. The van der Waals surface area contributed by atoms with Gasteiger partial charge in [-0.25, -0.2) is 4.98 Å². The Balaban J connectivity index is 1.95. The van der Waals surface area contributed by atoms with Crippen LogP contribution in [-0.2, 0) is 0 Å². The Morgan fingerprint density at radius 3 is 2.60 bits per heavy atom. The number of nitrogens with zero attached hydrogens (tertiary/aromatic N) is 3. The van der Waals surface area contributed by atoms with Crippen molar-refractivity contribution in [2.45, 2.75) is 0 Å². The van der Waals surface area contributed by atoms with Crippen molar-refractivity contribution >= 4 is 27.3 Å². The van der Waals surface area contributed by atoms with Gasteiger partial charge in [-0.2, -0.15) is 5.26 Å². The molecule has 1 aromatic carbocycles. The number of benzene rings is 1. The highest BCUT2D eigenvalue weighted by Gasteiger charge is 2.07. The Hall–Kier alpha value is -2.03. The van der Waals surface area contributed by atoms with Crippen molar-refractivity contribution in [1.82, 2.24) is 9.97 Å². The summed E-state index contributed by atoms with van der Waals surface area (Å²) in [7, 11) is 0. The predicted octanol–water partition coefficient (Wildman–Crippen LogP) is 4.51. The zero-order valence-electron chi connectivity index (χ0n) is 10.2. The highest BCUT2D eigenvalue weighted by Crippen LogP contribution is 2.29. The van der Waals surface area contributed by atoms with Crippen LogP contribution in [0.25, 0.3) is 21.8 Å². The average molecular weight is 342 g/mol. The molecule has 0 atom stereocenters. The molecule has 0 aliphatic carbocycles. The summed E-state index contributed by atoms with van der Waals surface area (Å²) < 4.78 is 0.935. The van der Waals surface area contributed by atoms with E-state index in [4.69, 9.17) is 5.26 Å². The second-order valence-corrected chi connectivity index (χ2v) is 5.89. The van der Waals surface area contributed by atoms with Crippen molar-refractivity contribution in [3.8, 4) is 27.9 Å². The molecule has 0 spiro atoms. The van der Waals surface area contributed by atoms with Crippen LogP contribution < -0.4 is 0 Å². The molecule has 2 aromatic heterocycles. The third-order valence-corrected chi connectivity index (χ3v) is 4.09. The van der Waals surface area contributed by atoms with Crippen molar-refractivity contribution in [2.24, 2.45) is 0 Å². The fourth-order valence-corrected chi connectivity index (χ4v) is 2.96. The Labute approximate surface area is 128 Å². The lowest BCUT2D eigenvalue weighted by Gasteiger charge is -1.97. The molecule has 0 fully saturated rings. The molecule has 0 aliphatic rings. The number of hydrogen-bond donors (Lipinski definition) is 0. The molecule has 0 amide bonds. The highest BCUT2D eigenvalue weighted by atomic mass is 79.9. The van der Waals surface area contributed by atoms with Crippen molar-refractivity contribution in [3.63, 3.8) is 0 Å². The molecule has 2 heterocycles. The number of pyridine rings is 1. The average Bonchev–Trinajstić information content (AvgIpc) is 2.97. The maximum atomic E-state index is 8.80. The molecule has 0 saturated heterocycles. The predicted molar refractivity (Wildman–Crippen MR) is 83.2 cm³/mol. The Morgan fingerprint density at radius 1 is 1.10 bits per heavy atom. The van der Waals surface area contributed by atoms with Gasteiger partial charge in [0.1, 0.15) is 5.01 Å². The molecule has 20 heavy (non-hydrogen) atoms. The standard InChI is InChI=1S/C15H8BrN3S/c16-13-5-12(7-18-8-13)15-19-14(9-20-15)11-3-1-10(6-17)2-4-11/h1-5,7-9H. The van der Waals surface area contributed by atoms with E-state index in [1.807, 2.05) is 23.6 Å². The normalized spacial score (nSPS) is 10.2. The summed E-state index contributed by atoms with van der Waals surface area (Å²) in [6, 6.07) is 11.5.